The minimum absolute atomic E-state index is 0.0533. The summed E-state index contributed by atoms with van der Waals surface area (Å²) in [5, 5.41) is 0. The van der Waals surface area contributed by atoms with Crippen LogP contribution in [0.5, 0.6) is 0 Å². The third-order valence-electron chi connectivity index (χ3n) is 12.3. The largest absolute Gasteiger partial charge is 0.458 e. The molecule has 0 N–H and O–H groups in total. The Balaban J connectivity index is 1.32. The first-order chi connectivity index (χ1) is 18.0. The zero-order valence-corrected chi connectivity index (χ0v) is 25.4. The second-order valence-corrected chi connectivity index (χ2v) is 15.2. The highest BCUT2D eigenvalue weighted by molar-refractivity contribution is 5.89. The Bertz CT molecular complexity index is 1020. The smallest absolute Gasteiger partial charge is 0.338 e. The van der Waals surface area contributed by atoms with Gasteiger partial charge >= 0.3 is 5.97 Å². The highest BCUT2D eigenvalue weighted by atomic mass is 16.5. The van der Waals surface area contributed by atoms with Gasteiger partial charge in [0.05, 0.1) is 5.56 Å². The highest BCUT2D eigenvalue weighted by Crippen LogP contribution is 2.69. The number of hydrogen-bond donors (Lipinski definition) is 0. The quantitative estimate of drug-likeness (QED) is 0.265. The molecule has 4 aliphatic rings. The summed E-state index contributed by atoms with van der Waals surface area (Å²) in [6.07, 6.45) is 15.8. The summed E-state index contributed by atoms with van der Waals surface area (Å²) in [5.41, 5.74) is 2.90. The molecule has 2 nitrogen and oxygen atoms in total. The molecule has 3 fully saturated rings. The van der Waals surface area contributed by atoms with Crippen molar-refractivity contribution in [1.82, 2.24) is 0 Å². The van der Waals surface area contributed by atoms with E-state index in [9.17, 15) is 4.79 Å². The number of rotatable bonds is 7. The predicted octanol–water partition coefficient (Wildman–Crippen LogP) is 9.89. The molecule has 1 aromatic carbocycles. The molecule has 0 aliphatic heterocycles. The number of allylic oxidation sites excluding steroid dienone is 1. The van der Waals surface area contributed by atoms with Crippen molar-refractivity contribution in [2.75, 3.05) is 0 Å². The van der Waals surface area contributed by atoms with E-state index in [0.717, 1.165) is 48.3 Å². The third-order valence-corrected chi connectivity index (χ3v) is 12.3. The fourth-order valence-corrected chi connectivity index (χ4v) is 10.4. The number of hydrogen-bond acceptors (Lipinski definition) is 2. The SMILES string of the molecule is CC(C)CCC[C@@H](C)[C@H]1CC[C@H]2[C@@H]3CC=C4C(C)(C)C(OC(=O)c5ccccc5)CC[C@]4(C)[C@H]3CC[C@]12C. The number of fused-ring (bicyclic) bond motifs is 5. The fourth-order valence-electron chi connectivity index (χ4n) is 10.4. The summed E-state index contributed by atoms with van der Waals surface area (Å²) in [6.45, 7) is 17.3. The molecule has 210 valence electrons. The topological polar surface area (TPSA) is 26.3 Å². The van der Waals surface area contributed by atoms with Crippen LogP contribution in [0.1, 0.15) is 123 Å². The molecule has 1 unspecified atom stereocenters. The van der Waals surface area contributed by atoms with Crippen molar-refractivity contribution in [3.05, 3.63) is 47.5 Å². The Hall–Kier alpha value is -1.57. The van der Waals surface area contributed by atoms with Crippen molar-refractivity contribution in [1.29, 1.82) is 0 Å². The molecular formula is C36H54O2. The number of carbonyl (C=O) groups is 1. The molecule has 8 atom stereocenters. The van der Waals surface area contributed by atoms with Crippen molar-refractivity contribution >= 4 is 5.97 Å². The van der Waals surface area contributed by atoms with Crippen molar-refractivity contribution in [3.8, 4) is 0 Å². The van der Waals surface area contributed by atoms with Crippen LogP contribution in [0.15, 0.2) is 42.0 Å². The lowest BCUT2D eigenvalue weighted by atomic mass is 9.44. The van der Waals surface area contributed by atoms with Crippen LogP contribution in [-0.4, -0.2) is 12.1 Å². The molecule has 38 heavy (non-hydrogen) atoms. The molecule has 5 rings (SSSR count). The minimum Gasteiger partial charge on any atom is -0.458 e. The van der Waals surface area contributed by atoms with Gasteiger partial charge in [-0.3, -0.25) is 0 Å². The Kier molecular flexibility index (Phi) is 7.69. The lowest BCUT2D eigenvalue weighted by molar-refractivity contribution is -0.0827. The van der Waals surface area contributed by atoms with Gasteiger partial charge in [0, 0.05) is 5.41 Å². The van der Waals surface area contributed by atoms with E-state index in [2.05, 4.69) is 54.5 Å². The zero-order chi connectivity index (χ0) is 27.3. The maximum atomic E-state index is 13.0. The monoisotopic (exact) mass is 518 g/mol. The average Bonchev–Trinajstić information content (AvgIpc) is 3.23. The minimum atomic E-state index is -0.172. The van der Waals surface area contributed by atoms with E-state index >= 15 is 0 Å². The Morgan fingerprint density at radius 3 is 2.37 bits per heavy atom. The van der Waals surface area contributed by atoms with Crippen LogP contribution in [0, 0.1) is 51.8 Å². The summed E-state index contributed by atoms with van der Waals surface area (Å²) < 4.78 is 6.22. The molecule has 4 aliphatic carbocycles. The summed E-state index contributed by atoms with van der Waals surface area (Å²) >= 11 is 0. The summed E-state index contributed by atoms with van der Waals surface area (Å²) in [4.78, 5) is 13.0. The van der Waals surface area contributed by atoms with Gasteiger partial charge in [-0.1, -0.05) is 97.6 Å². The third kappa shape index (κ3) is 4.71. The number of benzene rings is 1. The maximum Gasteiger partial charge on any atom is 0.338 e. The van der Waals surface area contributed by atoms with E-state index in [1.165, 1.54) is 51.4 Å². The van der Waals surface area contributed by atoms with Crippen LogP contribution in [-0.2, 0) is 4.74 Å². The Labute approximate surface area is 233 Å². The molecule has 0 radical (unpaired) electrons. The van der Waals surface area contributed by atoms with E-state index in [4.69, 9.17) is 4.74 Å². The summed E-state index contributed by atoms with van der Waals surface area (Å²) in [5.74, 6) is 4.91. The van der Waals surface area contributed by atoms with Gasteiger partial charge in [0.1, 0.15) is 6.10 Å². The first-order valence-electron chi connectivity index (χ1n) is 16.0. The molecule has 0 aromatic heterocycles. The van der Waals surface area contributed by atoms with Gasteiger partial charge in [-0.25, -0.2) is 4.79 Å². The van der Waals surface area contributed by atoms with Crippen LogP contribution in [0.3, 0.4) is 0 Å². The molecule has 0 amide bonds. The molecular weight excluding hydrogens is 464 g/mol. The molecule has 2 heteroatoms. The van der Waals surface area contributed by atoms with Crippen LogP contribution < -0.4 is 0 Å². The van der Waals surface area contributed by atoms with Crippen LogP contribution in [0.4, 0.5) is 0 Å². The first kappa shape index (κ1) is 28.0. The fraction of sp³-hybridized carbons (Fsp3) is 0.750. The van der Waals surface area contributed by atoms with Gasteiger partial charge in [0.25, 0.3) is 0 Å². The molecule has 0 bridgehead atoms. The van der Waals surface area contributed by atoms with Crippen LogP contribution >= 0.6 is 0 Å². The highest BCUT2D eigenvalue weighted by Gasteiger charge is 2.61. The van der Waals surface area contributed by atoms with Gasteiger partial charge in [0.15, 0.2) is 0 Å². The van der Waals surface area contributed by atoms with E-state index in [-0.39, 0.29) is 22.9 Å². The number of esters is 1. The normalized spacial score (nSPS) is 38.5. The molecule has 1 aromatic rings. The van der Waals surface area contributed by atoms with Crippen molar-refractivity contribution < 1.29 is 9.53 Å². The van der Waals surface area contributed by atoms with E-state index in [1.54, 1.807) is 5.57 Å². The van der Waals surface area contributed by atoms with Gasteiger partial charge in [-0.05, 0) is 103 Å². The molecule has 0 heterocycles. The van der Waals surface area contributed by atoms with E-state index < -0.39 is 0 Å². The predicted molar refractivity (Wildman–Crippen MR) is 158 cm³/mol. The van der Waals surface area contributed by atoms with Gasteiger partial charge in [0.2, 0.25) is 0 Å². The van der Waals surface area contributed by atoms with Crippen molar-refractivity contribution in [2.45, 2.75) is 119 Å². The number of carbonyl (C=O) groups excluding carboxylic acids is 1. The zero-order valence-electron chi connectivity index (χ0n) is 25.4. The average molecular weight is 519 g/mol. The van der Waals surface area contributed by atoms with Crippen LogP contribution in [0.2, 0.25) is 0 Å². The second-order valence-electron chi connectivity index (χ2n) is 15.2. The van der Waals surface area contributed by atoms with Gasteiger partial charge < -0.3 is 4.74 Å². The van der Waals surface area contributed by atoms with Gasteiger partial charge in [-0.15, -0.1) is 0 Å². The van der Waals surface area contributed by atoms with E-state index in [1.807, 2.05) is 30.3 Å². The Morgan fingerprint density at radius 1 is 0.921 bits per heavy atom. The molecule has 3 saturated carbocycles. The van der Waals surface area contributed by atoms with Gasteiger partial charge in [-0.2, -0.15) is 0 Å². The van der Waals surface area contributed by atoms with Crippen molar-refractivity contribution in [2.24, 2.45) is 51.8 Å². The molecule has 0 saturated heterocycles. The lowest BCUT2D eigenvalue weighted by Crippen LogP contribution is -2.55. The van der Waals surface area contributed by atoms with E-state index in [0.29, 0.717) is 11.0 Å². The van der Waals surface area contributed by atoms with Crippen molar-refractivity contribution in [3.63, 3.8) is 0 Å². The summed E-state index contributed by atoms with van der Waals surface area (Å²) in [6, 6.07) is 9.52. The lowest BCUT2D eigenvalue weighted by Gasteiger charge is -2.61. The second kappa shape index (κ2) is 10.4. The maximum absolute atomic E-state index is 13.0. The Morgan fingerprint density at radius 2 is 1.66 bits per heavy atom. The number of ether oxygens (including phenoxy) is 1. The van der Waals surface area contributed by atoms with Crippen LogP contribution in [0.25, 0.3) is 0 Å². The molecule has 0 spiro atoms. The standard InChI is InChI=1S/C36H54O2/c1-24(2)12-11-13-25(3)28-17-18-29-27-16-19-31-34(4,5)32(38-33(37)26-14-9-8-10-15-26)21-23-36(31,7)30(27)20-22-35(28,29)6/h8-10,14-15,19,24-25,27-30,32H,11-13,16-18,20-23H2,1-7H3/t25-,27+,28-,29+,30+,32?,35-,36-/m1/s1. The summed E-state index contributed by atoms with van der Waals surface area (Å²) in [7, 11) is 0. The first-order valence-corrected chi connectivity index (χ1v) is 16.0.